The molecule has 35 heavy (non-hydrogen) atoms. The van der Waals surface area contributed by atoms with Crippen LogP contribution in [-0.2, 0) is 16.1 Å². The summed E-state index contributed by atoms with van der Waals surface area (Å²) in [5.41, 5.74) is 2.15. The fraction of sp³-hybridized carbons (Fsp3) is 0.214. The zero-order valence-corrected chi connectivity index (χ0v) is 19.5. The number of benzene rings is 3. The summed E-state index contributed by atoms with van der Waals surface area (Å²) >= 11 is 0. The van der Waals surface area contributed by atoms with Gasteiger partial charge in [0.15, 0.2) is 0 Å². The van der Waals surface area contributed by atoms with Crippen LogP contribution in [0.15, 0.2) is 72.3 Å². The van der Waals surface area contributed by atoms with Crippen LogP contribution in [0.25, 0.3) is 5.76 Å². The van der Waals surface area contributed by atoms with Crippen LogP contribution in [0.3, 0.4) is 0 Å². The van der Waals surface area contributed by atoms with Gasteiger partial charge < -0.3 is 19.8 Å². The van der Waals surface area contributed by atoms with E-state index >= 15 is 0 Å². The van der Waals surface area contributed by atoms with Gasteiger partial charge in [-0.15, -0.1) is 0 Å². The van der Waals surface area contributed by atoms with Crippen LogP contribution in [-0.4, -0.2) is 33.4 Å². The van der Waals surface area contributed by atoms with Crippen LogP contribution in [0.4, 0.5) is 4.39 Å². The van der Waals surface area contributed by atoms with E-state index in [1.165, 1.54) is 41.3 Å². The Balaban J connectivity index is 1.81. The predicted molar refractivity (Wildman–Crippen MR) is 129 cm³/mol. The molecule has 0 bridgehead atoms. The number of halogens is 1. The average Bonchev–Trinajstić information content (AvgIpc) is 3.09. The van der Waals surface area contributed by atoms with E-state index in [2.05, 4.69) is 0 Å². The molecular formula is C28H26FNO5. The second-order valence-electron chi connectivity index (χ2n) is 8.48. The number of aromatic hydroxyl groups is 1. The zero-order valence-electron chi connectivity index (χ0n) is 19.5. The van der Waals surface area contributed by atoms with Gasteiger partial charge in [0.25, 0.3) is 11.7 Å². The van der Waals surface area contributed by atoms with Crippen molar-refractivity contribution in [2.24, 2.45) is 0 Å². The van der Waals surface area contributed by atoms with Gasteiger partial charge in [0.2, 0.25) is 0 Å². The number of phenols is 1. The van der Waals surface area contributed by atoms with Gasteiger partial charge in [-0.2, -0.15) is 0 Å². The van der Waals surface area contributed by atoms with E-state index in [-0.39, 0.29) is 23.6 Å². The molecule has 2 N–H and O–H groups in total. The molecule has 1 heterocycles. The number of nitrogens with zero attached hydrogens (tertiary/aromatic N) is 1. The molecule has 1 saturated heterocycles. The molecule has 1 atom stereocenters. The first-order valence-electron chi connectivity index (χ1n) is 11.4. The van der Waals surface area contributed by atoms with Crippen LogP contribution >= 0.6 is 0 Å². The van der Waals surface area contributed by atoms with E-state index in [4.69, 9.17) is 4.74 Å². The van der Waals surface area contributed by atoms with Gasteiger partial charge in [0, 0.05) is 12.1 Å². The third-order valence-electron chi connectivity index (χ3n) is 5.90. The topological polar surface area (TPSA) is 87.1 Å². The molecule has 0 aromatic heterocycles. The van der Waals surface area contributed by atoms with Crippen LogP contribution < -0.4 is 4.74 Å². The highest BCUT2D eigenvalue weighted by Crippen LogP contribution is 2.41. The minimum atomic E-state index is -0.941. The van der Waals surface area contributed by atoms with Crippen molar-refractivity contribution in [2.45, 2.75) is 32.9 Å². The number of ketones is 1. The Labute approximate surface area is 202 Å². The molecule has 1 amide bonds. The fourth-order valence-corrected chi connectivity index (χ4v) is 4.20. The zero-order chi connectivity index (χ0) is 25.1. The van der Waals surface area contributed by atoms with Gasteiger partial charge in [-0.1, -0.05) is 31.2 Å². The molecule has 1 aliphatic heterocycles. The number of hydrogen-bond donors (Lipinski definition) is 2. The Morgan fingerprint density at radius 3 is 2.46 bits per heavy atom. The van der Waals surface area contributed by atoms with E-state index in [1.807, 2.05) is 13.8 Å². The minimum absolute atomic E-state index is 0.0186. The number of likely N-dealkylation sites (tertiary alicyclic amines) is 1. The highest BCUT2D eigenvalue weighted by Gasteiger charge is 2.46. The molecule has 6 nitrogen and oxygen atoms in total. The molecule has 1 aliphatic rings. The Hall–Kier alpha value is -4.13. The van der Waals surface area contributed by atoms with E-state index in [0.717, 1.165) is 12.0 Å². The number of aryl methyl sites for hydroxylation is 1. The molecule has 180 valence electrons. The van der Waals surface area contributed by atoms with Crippen molar-refractivity contribution in [1.29, 1.82) is 0 Å². The third-order valence-corrected chi connectivity index (χ3v) is 5.90. The molecule has 0 saturated carbocycles. The van der Waals surface area contributed by atoms with Crippen LogP contribution in [0, 0.1) is 12.7 Å². The number of aliphatic hydroxyl groups excluding tert-OH is 1. The predicted octanol–water partition coefficient (Wildman–Crippen LogP) is 5.25. The van der Waals surface area contributed by atoms with Gasteiger partial charge in [-0.3, -0.25) is 9.59 Å². The van der Waals surface area contributed by atoms with Gasteiger partial charge in [0.1, 0.15) is 23.1 Å². The average molecular weight is 476 g/mol. The van der Waals surface area contributed by atoms with Gasteiger partial charge in [-0.05, 0) is 72.5 Å². The van der Waals surface area contributed by atoms with E-state index < -0.39 is 23.5 Å². The SMILES string of the molecule is CCCOc1ccc(/C(O)=C2/C(=O)C(=O)N(Cc3ccc(F)cc3)C2c2cccc(O)c2)cc1C. The molecule has 0 spiro atoms. The molecule has 3 aromatic rings. The summed E-state index contributed by atoms with van der Waals surface area (Å²) in [5.74, 6) is -1.72. The highest BCUT2D eigenvalue weighted by molar-refractivity contribution is 6.46. The van der Waals surface area contributed by atoms with E-state index in [0.29, 0.717) is 29.0 Å². The van der Waals surface area contributed by atoms with Crippen LogP contribution in [0.5, 0.6) is 11.5 Å². The largest absolute Gasteiger partial charge is 0.508 e. The molecule has 1 unspecified atom stereocenters. The van der Waals surface area contributed by atoms with Crippen LogP contribution in [0.1, 0.15) is 41.6 Å². The first-order chi connectivity index (χ1) is 16.8. The van der Waals surface area contributed by atoms with Crippen molar-refractivity contribution in [3.05, 3.63) is 100 Å². The fourth-order valence-electron chi connectivity index (χ4n) is 4.20. The highest BCUT2D eigenvalue weighted by atomic mass is 19.1. The summed E-state index contributed by atoms with van der Waals surface area (Å²) in [6.45, 7) is 4.41. The normalized spacial score (nSPS) is 17.1. The monoisotopic (exact) mass is 475 g/mol. The number of ether oxygens (including phenoxy) is 1. The van der Waals surface area contributed by atoms with Gasteiger partial charge in [0.05, 0.1) is 18.2 Å². The Morgan fingerprint density at radius 2 is 1.80 bits per heavy atom. The molecule has 1 fully saturated rings. The molecule has 0 radical (unpaired) electrons. The first kappa shape index (κ1) is 24.0. The second-order valence-corrected chi connectivity index (χ2v) is 8.48. The lowest BCUT2D eigenvalue weighted by atomic mass is 9.94. The number of phenolic OH excluding ortho intramolecular Hbond substituents is 1. The molecule has 3 aromatic carbocycles. The van der Waals surface area contributed by atoms with Crippen molar-refractivity contribution in [3.63, 3.8) is 0 Å². The lowest BCUT2D eigenvalue weighted by Crippen LogP contribution is -2.29. The third kappa shape index (κ3) is 4.89. The number of carbonyl (C=O) groups is 2. The van der Waals surface area contributed by atoms with Crippen molar-refractivity contribution >= 4 is 17.4 Å². The Kier molecular flexibility index (Phi) is 6.87. The summed E-state index contributed by atoms with van der Waals surface area (Å²) in [4.78, 5) is 27.6. The second kappa shape index (κ2) is 10.0. The molecular weight excluding hydrogens is 449 g/mol. The Bertz CT molecular complexity index is 1300. The molecule has 7 heteroatoms. The number of Topliss-reactive ketones (excluding diaryl/α,β-unsaturated/α-hetero) is 1. The maximum Gasteiger partial charge on any atom is 0.295 e. The lowest BCUT2D eigenvalue weighted by molar-refractivity contribution is -0.140. The van der Waals surface area contributed by atoms with Crippen molar-refractivity contribution in [1.82, 2.24) is 4.90 Å². The number of amides is 1. The van der Waals surface area contributed by atoms with E-state index in [1.54, 1.807) is 30.3 Å². The van der Waals surface area contributed by atoms with Crippen molar-refractivity contribution in [3.8, 4) is 11.5 Å². The molecule has 0 aliphatic carbocycles. The van der Waals surface area contributed by atoms with Gasteiger partial charge in [-0.25, -0.2) is 4.39 Å². The smallest absolute Gasteiger partial charge is 0.295 e. The van der Waals surface area contributed by atoms with Crippen molar-refractivity contribution < 1.29 is 28.9 Å². The first-order valence-corrected chi connectivity index (χ1v) is 11.4. The van der Waals surface area contributed by atoms with E-state index in [9.17, 15) is 24.2 Å². The number of rotatable bonds is 7. The maximum atomic E-state index is 13.4. The summed E-state index contributed by atoms with van der Waals surface area (Å²) in [6, 6.07) is 16.0. The number of hydrogen-bond acceptors (Lipinski definition) is 5. The van der Waals surface area contributed by atoms with Crippen LogP contribution in [0.2, 0.25) is 0 Å². The standard InChI is InChI=1S/C28H26FNO5/c1-3-13-35-23-12-9-20(14-17(23)2)26(32)24-25(19-5-4-6-22(31)15-19)30(28(34)27(24)33)16-18-7-10-21(29)11-8-18/h4-12,14-15,25,31-32H,3,13,16H2,1-2H3/b26-24-. The number of carbonyl (C=O) groups excluding carboxylic acids is 2. The maximum absolute atomic E-state index is 13.4. The minimum Gasteiger partial charge on any atom is -0.508 e. The summed E-state index contributed by atoms with van der Waals surface area (Å²) < 4.78 is 19.1. The quantitative estimate of drug-likeness (QED) is 0.277. The summed E-state index contributed by atoms with van der Waals surface area (Å²) in [6.07, 6.45) is 0.850. The summed E-state index contributed by atoms with van der Waals surface area (Å²) in [7, 11) is 0. The van der Waals surface area contributed by atoms with Gasteiger partial charge >= 0.3 is 0 Å². The summed E-state index contributed by atoms with van der Waals surface area (Å²) in [5, 5.41) is 21.3. The number of aliphatic hydroxyl groups is 1. The molecule has 4 rings (SSSR count). The lowest BCUT2D eigenvalue weighted by Gasteiger charge is -2.25. The van der Waals surface area contributed by atoms with Crippen molar-refractivity contribution in [2.75, 3.05) is 6.61 Å². The Morgan fingerprint density at radius 1 is 1.06 bits per heavy atom.